The van der Waals surface area contributed by atoms with Gasteiger partial charge in [-0.3, -0.25) is 0 Å². The molecule has 0 radical (unpaired) electrons. The molecule has 3 rings (SSSR count). The molecule has 0 amide bonds. The Bertz CT molecular complexity index is 662. The average Bonchev–Trinajstić information content (AvgIpc) is 2.84. The van der Waals surface area contributed by atoms with Crippen LogP contribution in [0.3, 0.4) is 0 Å². The molecule has 1 aliphatic rings. The first-order chi connectivity index (χ1) is 10.1. The van der Waals surface area contributed by atoms with Gasteiger partial charge < -0.3 is 16.4 Å². The van der Waals surface area contributed by atoms with Gasteiger partial charge in [0, 0.05) is 12.2 Å². The summed E-state index contributed by atoms with van der Waals surface area (Å²) in [6.07, 6.45) is 3.35. The van der Waals surface area contributed by atoms with Gasteiger partial charge >= 0.3 is 0 Å². The number of benzene rings is 1. The van der Waals surface area contributed by atoms with E-state index >= 15 is 0 Å². The van der Waals surface area contributed by atoms with Crippen LogP contribution >= 0.6 is 0 Å². The molecule has 21 heavy (non-hydrogen) atoms. The van der Waals surface area contributed by atoms with Crippen molar-refractivity contribution in [3.05, 3.63) is 34.9 Å². The molecule has 0 atom stereocenters. The zero-order valence-electron chi connectivity index (χ0n) is 12.3. The zero-order chi connectivity index (χ0) is 14.8. The summed E-state index contributed by atoms with van der Waals surface area (Å²) in [5.74, 6) is 0.794. The van der Waals surface area contributed by atoms with Gasteiger partial charge in [-0.1, -0.05) is 6.08 Å². The monoisotopic (exact) mass is 284 g/mol. The van der Waals surface area contributed by atoms with Gasteiger partial charge in [0.1, 0.15) is 0 Å². The molecule has 0 saturated heterocycles. The number of aryl methyl sites for hydroxylation is 2. The van der Waals surface area contributed by atoms with Gasteiger partial charge in [-0.25, -0.2) is 5.10 Å². The summed E-state index contributed by atoms with van der Waals surface area (Å²) in [5.41, 5.74) is 11.8. The molecule has 0 fully saturated rings. The molecule has 6 nitrogen and oxygen atoms in total. The standard InChI is InChI=1S/C15H20N6/c1-9-7-12(18-15-19-14(16)20-21-15)8-10(2)13(9)11-3-5-17-6-4-11/h3,7-8,17H,4-6H2,1-2H3,(H4,16,18,19,20,21). The fourth-order valence-corrected chi connectivity index (χ4v) is 2.85. The van der Waals surface area contributed by atoms with Gasteiger partial charge in [0.05, 0.1) is 0 Å². The Balaban J connectivity index is 1.90. The molecule has 1 aliphatic heterocycles. The highest BCUT2D eigenvalue weighted by Crippen LogP contribution is 2.30. The number of nitrogens with two attached hydrogens (primary N) is 1. The summed E-state index contributed by atoms with van der Waals surface area (Å²) in [6.45, 7) is 6.28. The van der Waals surface area contributed by atoms with Crippen molar-refractivity contribution in [2.45, 2.75) is 20.3 Å². The van der Waals surface area contributed by atoms with E-state index in [0.29, 0.717) is 11.9 Å². The second-order valence-electron chi connectivity index (χ2n) is 5.34. The van der Waals surface area contributed by atoms with Crippen LogP contribution in [-0.4, -0.2) is 28.3 Å². The molecular weight excluding hydrogens is 264 g/mol. The lowest BCUT2D eigenvalue weighted by Gasteiger charge is -2.19. The van der Waals surface area contributed by atoms with Crippen LogP contribution in [0, 0.1) is 13.8 Å². The van der Waals surface area contributed by atoms with Crippen LogP contribution in [0.2, 0.25) is 0 Å². The first-order valence-corrected chi connectivity index (χ1v) is 7.10. The first-order valence-electron chi connectivity index (χ1n) is 7.10. The summed E-state index contributed by atoms with van der Waals surface area (Å²) in [7, 11) is 0. The second-order valence-corrected chi connectivity index (χ2v) is 5.34. The molecule has 1 aromatic carbocycles. The number of nitrogens with one attached hydrogen (secondary N) is 3. The molecule has 0 aliphatic carbocycles. The van der Waals surface area contributed by atoms with Gasteiger partial charge in [0.2, 0.25) is 11.9 Å². The van der Waals surface area contributed by atoms with E-state index in [1.54, 1.807) is 0 Å². The van der Waals surface area contributed by atoms with E-state index in [4.69, 9.17) is 5.73 Å². The van der Waals surface area contributed by atoms with Crippen molar-refractivity contribution in [1.82, 2.24) is 20.5 Å². The van der Waals surface area contributed by atoms with E-state index < -0.39 is 0 Å². The lowest BCUT2D eigenvalue weighted by Crippen LogP contribution is -2.20. The summed E-state index contributed by atoms with van der Waals surface area (Å²) < 4.78 is 0. The molecular formula is C15H20N6. The maximum Gasteiger partial charge on any atom is 0.248 e. The molecule has 0 spiro atoms. The molecule has 0 bridgehead atoms. The number of nitrogens with zero attached hydrogens (tertiary/aromatic N) is 2. The minimum Gasteiger partial charge on any atom is -0.368 e. The number of hydrogen-bond donors (Lipinski definition) is 4. The number of hydrogen-bond acceptors (Lipinski definition) is 5. The van der Waals surface area contributed by atoms with Crippen molar-refractivity contribution in [3.63, 3.8) is 0 Å². The minimum atomic E-state index is 0.308. The SMILES string of the molecule is Cc1cc(Nc2n[nH]c(N)n2)cc(C)c1C1=CCNCC1. The molecule has 2 aromatic rings. The Morgan fingerprint density at radius 1 is 1.24 bits per heavy atom. The van der Waals surface area contributed by atoms with Gasteiger partial charge in [-0.15, -0.1) is 5.10 Å². The first kappa shape index (κ1) is 13.6. The number of H-pyrrole nitrogens is 1. The third kappa shape index (κ3) is 2.90. The highest BCUT2D eigenvalue weighted by atomic mass is 15.3. The van der Waals surface area contributed by atoms with Crippen molar-refractivity contribution in [3.8, 4) is 0 Å². The van der Waals surface area contributed by atoms with Crippen LogP contribution in [0.1, 0.15) is 23.1 Å². The Kier molecular flexibility index (Phi) is 3.62. The van der Waals surface area contributed by atoms with Crippen LogP contribution < -0.4 is 16.4 Å². The van der Waals surface area contributed by atoms with Gasteiger partial charge in [-0.05, 0) is 61.2 Å². The lowest BCUT2D eigenvalue weighted by molar-refractivity contribution is 0.738. The maximum absolute atomic E-state index is 5.53. The van der Waals surface area contributed by atoms with Crippen LogP contribution in [0.5, 0.6) is 0 Å². The molecule has 0 saturated carbocycles. The zero-order valence-corrected chi connectivity index (χ0v) is 12.3. The van der Waals surface area contributed by atoms with E-state index in [1.165, 1.54) is 22.3 Å². The number of nitrogen functional groups attached to an aromatic ring is 1. The van der Waals surface area contributed by atoms with E-state index in [-0.39, 0.29) is 0 Å². The normalized spacial score (nSPS) is 14.9. The molecule has 6 heteroatoms. The summed E-state index contributed by atoms with van der Waals surface area (Å²) in [6, 6.07) is 4.25. The highest BCUT2D eigenvalue weighted by Gasteiger charge is 2.12. The Morgan fingerprint density at radius 3 is 2.57 bits per heavy atom. The maximum atomic E-state index is 5.53. The predicted molar refractivity (Wildman–Crippen MR) is 85.5 cm³/mol. The smallest absolute Gasteiger partial charge is 0.248 e. The number of aromatic nitrogens is 3. The van der Waals surface area contributed by atoms with Crippen molar-refractivity contribution >= 4 is 23.2 Å². The van der Waals surface area contributed by atoms with Crippen LogP contribution in [0.25, 0.3) is 5.57 Å². The summed E-state index contributed by atoms with van der Waals surface area (Å²) in [5, 5.41) is 13.1. The van der Waals surface area contributed by atoms with Crippen molar-refractivity contribution in [1.29, 1.82) is 0 Å². The minimum absolute atomic E-state index is 0.308. The van der Waals surface area contributed by atoms with E-state index in [2.05, 4.69) is 57.9 Å². The Labute approximate surface area is 123 Å². The fraction of sp³-hybridized carbons (Fsp3) is 0.333. The quantitative estimate of drug-likeness (QED) is 0.693. The molecule has 2 heterocycles. The average molecular weight is 284 g/mol. The van der Waals surface area contributed by atoms with E-state index in [0.717, 1.165) is 25.2 Å². The van der Waals surface area contributed by atoms with Crippen molar-refractivity contribution in [2.75, 3.05) is 24.1 Å². The summed E-state index contributed by atoms with van der Waals surface area (Å²) in [4.78, 5) is 4.06. The molecule has 0 unspecified atom stereocenters. The van der Waals surface area contributed by atoms with Gasteiger partial charge in [0.15, 0.2) is 0 Å². The Morgan fingerprint density at radius 2 is 2.00 bits per heavy atom. The highest BCUT2D eigenvalue weighted by molar-refractivity contribution is 5.74. The van der Waals surface area contributed by atoms with Gasteiger partial charge in [0.25, 0.3) is 0 Å². The van der Waals surface area contributed by atoms with E-state index in [1.807, 2.05) is 0 Å². The molecule has 110 valence electrons. The van der Waals surface area contributed by atoms with Crippen molar-refractivity contribution < 1.29 is 0 Å². The third-order valence-corrected chi connectivity index (χ3v) is 3.68. The van der Waals surface area contributed by atoms with Crippen LogP contribution in [0.15, 0.2) is 18.2 Å². The van der Waals surface area contributed by atoms with Gasteiger partial charge in [-0.2, -0.15) is 4.98 Å². The number of rotatable bonds is 3. The summed E-state index contributed by atoms with van der Waals surface area (Å²) >= 11 is 0. The third-order valence-electron chi connectivity index (χ3n) is 3.68. The second kappa shape index (κ2) is 5.57. The van der Waals surface area contributed by atoms with Crippen molar-refractivity contribution in [2.24, 2.45) is 0 Å². The van der Waals surface area contributed by atoms with E-state index in [9.17, 15) is 0 Å². The Hall–Kier alpha value is -2.34. The molecule has 1 aromatic heterocycles. The number of aromatic amines is 1. The van der Waals surface area contributed by atoms with Crippen LogP contribution in [0.4, 0.5) is 17.6 Å². The predicted octanol–water partition coefficient (Wildman–Crippen LogP) is 2.12. The topological polar surface area (TPSA) is 91.7 Å². The lowest BCUT2D eigenvalue weighted by atomic mass is 9.91. The number of anilines is 3. The van der Waals surface area contributed by atoms with Crippen LogP contribution in [-0.2, 0) is 0 Å². The largest absolute Gasteiger partial charge is 0.368 e. The fourth-order valence-electron chi connectivity index (χ4n) is 2.85. The molecule has 5 N–H and O–H groups in total.